The SMILES string of the molecule is COCCN1CCC(c2ccc(Nc3ncc(Cl)c(CCc4cccc5c4C(C)(C)C(=O)N5)n3)cc2)CC1. The van der Waals surface area contributed by atoms with E-state index in [9.17, 15) is 4.79 Å². The van der Waals surface area contributed by atoms with Gasteiger partial charge >= 0.3 is 0 Å². The molecule has 0 radical (unpaired) electrons. The van der Waals surface area contributed by atoms with Crippen molar-refractivity contribution < 1.29 is 9.53 Å². The molecule has 2 aromatic carbocycles. The molecule has 0 spiro atoms. The van der Waals surface area contributed by atoms with Crippen LogP contribution in [-0.4, -0.2) is 54.1 Å². The maximum absolute atomic E-state index is 12.4. The number of amides is 1. The monoisotopic (exact) mass is 533 g/mol. The van der Waals surface area contributed by atoms with Crippen molar-refractivity contribution in [2.75, 3.05) is 44.0 Å². The van der Waals surface area contributed by atoms with Crippen molar-refractivity contribution in [1.29, 1.82) is 0 Å². The summed E-state index contributed by atoms with van der Waals surface area (Å²) in [4.78, 5) is 24.0. The quantitative estimate of drug-likeness (QED) is 0.366. The first-order valence-corrected chi connectivity index (χ1v) is 13.8. The van der Waals surface area contributed by atoms with E-state index < -0.39 is 5.41 Å². The first kappa shape index (κ1) is 26.6. The molecule has 0 saturated carbocycles. The van der Waals surface area contributed by atoms with Gasteiger partial charge in [-0.3, -0.25) is 4.79 Å². The average molecular weight is 534 g/mol. The minimum absolute atomic E-state index is 0.0325. The number of benzene rings is 2. The van der Waals surface area contributed by atoms with Crippen LogP contribution in [0.15, 0.2) is 48.7 Å². The molecule has 1 amide bonds. The number of methoxy groups -OCH3 is 1. The van der Waals surface area contributed by atoms with Crippen LogP contribution in [0.2, 0.25) is 5.02 Å². The number of carbonyl (C=O) groups excluding carboxylic acids is 1. The summed E-state index contributed by atoms with van der Waals surface area (Å²) >= 11 is 6.48. The number of aromatic nitrogens is 2. The summed E-state index contributed by atoms with van der Waals surface area (Å²) in [6, 6.07) is 14.7. The lowest BCUT2D eigenvalue weighted by molar-refractivity contribution is -0.119. The molecule has 38 heavy (non-hydrogen) atoms. The fourth-order valence-corrected chi connectivity index (χ4v) is 5.80. The van der Waals surface area contributed by atoms with Crippen molar-refractivity contribution in [1.82, 2.24) is 14.9 Å². The van der Waals surface area contributed by atoms with Crippen LogP contribution in [-0.2, 0) is 27.8 Å². The minimum atomic E-state index is -0.554. The van der Waals surface area contributed by atoms with E-state index in [2.05, 4.69) is 50.8 Å². The van der Waals surface area contributed by atoms with Crippen LogP contribution in [0.25, 0.3) is 0 Å². The van der Waals surface area contributed by atoms with Crippen molar-refractivity contribution in [2.24, 2.45) is 0 Å². The summed E-state index contributed by atoms with van der Waals surface area (Å²) in [6.45, 7) is 7.97. The molecule has 0 unspecified atom stereocenters. The zero-order valence-corrected chi connectivity index (χ0v) is 23.1. The number of likely N-dealkylation sites (tertiary alicyclic amines) is 1. The normalized spacial score (nSPS) is 17.3. The number of aryl methyl sites for hydroxylation is 2. The van der Waals surface area contributed by atoms with E-state index in [4.69, 9.17) is 21.3 Å². The number of piperidine rings is 1. The molecule has 2 aliphatic heterocycles. The van der Waals surface area contributed by atoms with Crippen molar-refractivity contribution >= 4 is 34.8 Å². The van der Waals surface area contributed by atoms with Gasteiger partial charge in [0.05, 0.1) is 28.9 Å². The van der Waals surface area contributed by atoms with Gasteiger partial charge < -0.3 is 20.3 Å². The number of ether oxygens (including phenoxy) is 1. The Kier molecular flexibility index (Phi) is 7.98. The van der Waals surface area contributed by atoms with Gasteiger partial charge in [0, 0.05) is 25.0 Å². The molecule has 1 aromatic heterocycles. The number of hydrogen-bond acceptors (Lipinski definition) is 6. The van der Waals surface area contributed by atoms with Crippen molar-refractivity contribution in [3.8, 4) is 0 Å². The number of nitrogens with zero attached hydrogens (tertiary/aromatic N) is 3. The summed E-state index contributed by atoms with van der Waals surface area (Å²) in [6.07, 6.45) is 5.39. The Morgan fingerprint density at radius 3 is 2.63 bits per heavy atom. The summed E-state index contributed by atoms with van der Waals surface area (Å²) in [7, 11) is 1.76. The topological polar surface area (TPSA) is 79.4 Å². The van der Waals surface area contributed by atoms with E-state index in [0.29, 0.717) is 23.3 Å². The molecule has 2 N–H and O–H groups in total. The molecule has 5 rings (SSSR count). The smallest absolute Gasteiger partial charge is 0.234 e. The van der Waals surface area contributed by atoms with Crippen molar-refractivity contribution in [3.63, 3.8) is 0 Å². The third-order valence-electron chi connectivity index (χ3n) is 7.88. The third kappa shape index (κ3) is 5.70. The second kappa shape index (κ2) is 11.4. The van der Waals surface area contributed by atoms with Crippen LogP contribution in [0, 0.1) is 0 Å². The highest BCUT2D eigenvalue weighted by molar-refractivity contribution is 6.31. The summed E-state index contributed by atoms with van der Waals surface area (Å²) in [5, 5.41) is 6.88. The molecule has 2 aliphatic rings. The molecule has 3 aromatic rings. The predicted molar refractivity (Wildman–Crippen MR) is 153 cm³/mol. The number of halogens is 1. The summed E-state index contributed by atoms with van der Waals surface area (Å²) in [5.74, 6) is 1.15. The molecule has 0 atom stereocenters. The largest absolute Gasteiger partial charge is 0.383 e. The molecule has 1 fully saturated rings. The van der Waals surface area contributed by atoms with Gasteiger partial charge in [-0.15, -0.1) is 0 Å². The second-order valence-corrected chi connectivity index (χ2v) is 11.2. The van der Waals surface area contributed by atoms with Crippen molar-refractivity contribution in [2.45, 2.75) is 50.9 Å². The number of rotatable bonds is 9. The van der Waals surface area contributed by atoms with E-state index in [1.165, 1.54) is 18.4 Å². The molecule has 0 aliphatic carbocycles. The Morgan fingerprint density at radius 2 is 1.89 bits per heavy atom. The lowest BCUT2D eigenvalue weighted by Gasteiger charge is -2.32. The first-order chi connectivity index (χ1) is 18.3. The van der Waals surface area contributed by atoms with Gasteiger partial charge in [-0.05, 0) is 93.4 Å². The maximum atomic E-state index is 12.4. The second-order valence-electron chi connectivity index (χ2n) is 10.8. The number of carbonyl (C=O) groups is 1. The summed E-state index contributed by atoms with van der Waals surface area (Å²) in [5.41, 5.74) is 5.66. The fourth-order valence-electron chi connectivity index (χ4n) is 5.61. The maximum Gasteiger partial charge on any atom is 0.234 e. The highest BCUT2D eigenvalue weighted by Crippen LogP contribution is 2.40. The predicted octanol–water partition coefficient (Wildman–Crippen LogP) is 5.71. The zero-order valence-electron chi connectivity index (χ0n) is 22.4. The summed E-state index contributed by atoms with van der Waals surface area (Å²) < 4.78 is 5.21. The third-order valence-corrected chi connectivity index (χ3v) is 8.19. The van der Waals surface area contributed by atoms with Gasteiger partial charge in [0.1, 0.15) is 0 Å². The molecule has 3 heterocycles. The average Bonchev–Trinajstić information content (AvgIpc) is 3.16. The van der Waals surface area contributed by atoms with E-state index in [1.54, 1.807) is 13.3 Å². The molecule has 200 valence electrons. The van der Waals surface area contributed by atoms with Gasteiger partial charge in [-0.2, -0.15) is 0 Å². The highest BCUT2D eigenvalue weighted by atomic mass is 35.5. The Morgan fingerprint density at radius 1 is 1.13 bits per heavy atom. The highest BCUT2D eigenvalue weighted by Gasteiger charge is 2.39. The molecule has 7 nitrogen and oxygen atoms in total. The van der Waals surface area contributed by atoms with Crippen LogP contribution in [0.4, 0.5) is 17.3 Å². The van der Waals surface area contributed by atoms with Crippen LogP contribution < -0.4 is 10.6 Å². The Hall–Kier alpha value is -3.00. The van der Waals surface area contributed by atoms with Crippen LogP contribution >= 0.6 is 11.6 Å². The van der Waals surface area contributed by atoms with Gasteiger partial charge in [0.25, 0.3) is 0 Å². The van der Waals surface area contributed by atoms with Gasteiger partial charge in [0.2, 0.25) is 11.9 Å². The molecule has 1 saturated heterocycles. The minimum Gasteiger partial charge on any atom is -0.383 e. The lowest BCUT2D eigenvalue weighted by Crippen LogP contribution is -2.35. The Labute approximate surface area is 230 Å². The van der Waals surface area contributed by atoms with Crippen molar-refractivity contribution in [3.05, 3.63) is 76.1 Å². The van der Waals surface area contributed by atoms with Gasteiger partial charge in [-0.1, -0.05) is 35.9 Å². The fraction of sp³-hybridized carbons (Fsp3) is 0.433. The van der Waals surface area contributed by atoms with E-state index >= 15 is 0 Å². The first-order valence-electron chi connectivity index (χ1n) is 13.4. The molecule has 0 bridgehead atoms. The number of hydrogen-bond donors (Lipinski definition) is 2. The standard InChI is InChI=1S/C30H36ClN5O2/c1-30(2)27-22(5-4-6-26(27)34-28(30)37)9-12-25-24(31)19-32-29(35-25)33-23-10-7-20(8-11-23)21-13-15-36(16-14-21)17-18-38-3/h4-8,10-11,19,21H,9,12-18H2,1-3H3,(H,34,37)(H,32,33,35). The van der Waals surface area contributed by atoms with E-state index in [-0.39, 0.29) is 5.91 Å². The number of nitrogens with one attached hydrogen (secondary N) is 2. The van der Waals surface area contributed by atoms with E-state index in [0.717, 1.165) is 60.9 Å². The van der Waals surface area contributed by atoms with Crippen LogP contribution in [0.3, 0.4) is 0 Å². The Balaban J connectivity index is 1.22. The molecular formula is C30H36ClN5O2. The zero-order chi connectivity index (χ0) is 26.7. The Bertz CT molecular complexity index is 1290. The molecule has 8 heteroatoms. The lowest BCUT2D eigenvalue weighted by atomic mass is 9.82. The van der Waals surface area contributed by atoms with Crippen LogP contribution in [0.5, 0.6) is 0 Å². The van der Waals surface area contributed by atoms with Gasteiger partial charge in [-0.25, -0.2) is 9.97 Å². The van der Waals surface area contributed by atoms with E-state index in [1.807, 2.05) is 26.0 Å². The number of fused-ring (bicyclic) bond motifs is 1. The number of anilines is 3. The molecular weight excluding hydrogens is 498 g/mol. The van der Waals surface area contributed by atoms with Crippen LogP contribution in [0.1, 0.15) is 55.0 Å². The van der Waals surface area contributed by atoms with Gasteiger partial charge in [0.15, 0.2) is 0 Å².